The second kappa shape index (κ2) is 8.36. The van der Waals surface area contributed by atoms with Gasteiger partial charge in [0.05, 0.1) is 4.90 Å². The van der Waals surface area contributed by atoms with Gasteiger partial charge in [0.1, 0.15) is 12.1 Å². The normalized spacial score (nSPS) is 13.2. The molecule has 1 aliphatic heterocycles. The van der Waals surface area contributed by atoms with Crippen LogP contribution in [0.4, 0.5) is 11.4 Å². The number of carbonyl (C=O) groups is 1. The molecule has 0 spiro atoms. The van der Waals surface area contributed by atoms with Crippen molar-refractivity contribution in [2.75, 3.05) is 10.0 Å². The molecule has 5 rings (SSSR count). The van der Waals surface area contributed by atoms with Crippen molar-refractivity contribution in [2.24, 2.45) is 0 Å². The molecule has 0 radical (unpaired) electrons. The predicted molar refractivity (Wildman–Crippen MR) is 120 cm³/mol. The van der Waals surface area contributed by atoms with Gasteiger partial charge in [0.2, 0.25) is 11.8 Å². The third-order valence-corrected chi connectivity index (χ3v) is 6.36. The largest absolute Gasteiger partial charge is 0.439 e. The van der Waals surface area contributed by atoms with Crippen LogP contribution in [0.15, 0.2) is 78.2 Å². The summed E-state index contributed by atoms with van der Waals surface area (Å²) in [6.45, 7) is 0. The molecular weight excluding hydrogens is 444 g/mol. The van der Waals surface area contributed by atoms with E-state index < -0.39 is 10.0 Å². The van der Waals surface area contributed by atoms with Crippen LogP contribution < -0.4 is 14.8 Å². The lowest BCUT2D eigenvalue weighted by Gasteiger charge is -2.18. The summed E-state index contributed by atoms with van der Waals surface area (Å²) >= 11 is 0. The van der Waals surface area contributed by atoms with E-state index in [1.807, 2.05) is 0 Å². The standard InChI is InChI=1S/C22H18N6O4S/c29-21-9-2-15-12-18(7-8-19(15)26-21)33(30,31)27-16-3-5-17(6-4-16)32-22-13-20(23-14-24-22)28-11-1-10-25-28/h1,3-8,10-14,27H,2,9H2,(H,26,29). The fraction of sp³-hybridized carbons (Fsp3) is 0.0909. The molecule has 4 aromatic rings. The number of hydrogen-bond donors (Lipinski definition) is 2. The van der Waals surface area contributed by atoms with Gasteiger partial charge in [-0.05, 0) is 60.5 Å². The summed E-state index contributed by atoms with van der Waals surface area (Å²) in [5, 5.41) is 6.86. The molecule has 2 aromatic heterocycles. The molecule has 2 aromatic carbocycles. The van der Waals surface area contributed by atoms with Crippen molar-refractivity contribution in [1.29, 1.82) is 0 Å². The topological polar surface area (TPSA) is 128 Å². The van der Waals surface area contributed by atoms with Gasteiger partial charge in [0.15, 0.2) is 5.82 Å². The van der Waals surface area contributed by atoms with E-state index in [9.17, 15) is 13.2 Å². The van der Waals surface area contributed by atoms with Crippen molar-refractivity contribution < 1.29 is 17.9 Å². The third-order valence-electron chi connectivity index (χ3n) is 4.98. The molecule has 0 saturated heterocycles. The first kappa shape index (κ1) is 20.6. The average Bonchev–Trinajstić information content (AvgIpc) is 3.35. The Bertz CT molecular complexity index is 1420. The maximum Gasteiger partial charge on any atom is 0.261 e. The highest BCUT2D eigenvalue weighted by atomic mass is 32.2. The van der Waals surface area contributed by atoms with Crippen molar-refractivity contribution in [1.82, 2.24) is 19.7 Å². The number of hydrogen-bond acceptors (Lipinski definition) is 7. The van der Waals surface area contributed by atoms with Crippen molar-refractivity contribution in [3.05, 3.63) is 78.9 Å². The molecule has 0 bridgehead atoms. The molecule has 0 atom stereocenters. The molecule has 1 amide bonds. The number of fused-ring (bicyclic) bond motifs is 1. The number of nitrogens with zero attached hydrogens (tertiary/aromatic N) is 4. The van der Waals surface area contributed by atoms with Crippen LogP contribution in [0.25, 0.3) is 5.82 Å². The van der Waals surface area contributed by atoms with Gasteiger partial charge in [0, 0.05) is 36.3 Å². The van der Waals surface area contributed by atoms with Crippen LogP contribution in [-0.2, 0) is 21.2 Å². The number of anilines is 2. The number of carbonyl (C=O) groups excluding carboxylic acids is 1. The fourth-order valence-corrected chi connectivity index (χ4v) is 4.48. The van der Waals surface area contributed by atoms with E-state index in [4.69, 9.17) is 4.74 Å². The van der Waals surface area contributed by atoms with E-state index in [1.54, 1.807) is 65.6 Å². The molecule has 11 heteroatoms. The van der Waals surface area contributed by atoms with Gasteiger partial charge in [-0.15, -0.1) is 0 Å². The third kappa shape index (κ3) is 4.53. The maximum atomic E-state index is 12.8. The minimum atomic E-state index is -3.80. The maximum absolute atomic E-state index is 12.8. The number of aryl methyl sites for hydroxylation is 1. The highest BCUT2D eigenvalue weighted by Crippen LogP contribution is 2.27. The van der Waals surface area contributed by atoms with E-state index in [0.717, 1.165) is 5.56 Å². The van der Waals surface area contributed by atoms with Gasteiger partial charge in [-0.25, -0.2) is 23.1 Å². The minimum absolute atomic E-state index is 0.0712. The molecule has 0 aliphatic carbocycles. The van der Waals surface area contributed by atoms with Gasteiger partial charge in [-0.2, -0.15) is 5.10 Å². The molecule has 1 aliphatic rings. The monoisotopic (exact) mass is 462 g/mol. The number of rotatable bonds is 6. The Morgan fingerprint density at radius 2 is 1.88 bits per heavy atom. The Kier molecular flexibility index (Phi) is 5.23. The van der Waals surface area contributed by atoms with Gasteiger partial charge in [-0.3, -0.25) is 9.52 Å². The van der Waals surface area contributed by atoms with Crippen LogP contribution in [-0.4, -0.2) is 34.1 Å². The highest BCUT2D eigenvalue weighted by Gasteiger charge is 2.20. The number of ether oxygens (including phenoxy) is 1. The summed E-state index contributed by atoms with van der Waals surface area (Å²) in [4.78, 5) is 19.9. The Hall–Kier alpha value is -4.25. The number of aromatic nitrogens is 4. The zero-order valence-electron chi connectivity index (χ0n) is 17.2. The van der Waals surface area contributed by atoms with Crippen molar-refractivity contribution in [3.63, 3.8) is 0 Å². The SMILES string of the molecule is O=C1CCc2cc(S(=O)(=O)Nc3ccc(Oc4cc(-n5cccn5)ncn4)cc3)ccc2N1. The van der Waals surface area contributed by atoms with Crippen LogP contribution in [0.5, 0.6) is 11.6 Å². The fourth-order valence-electron chi connectivity index (χ4n) is 3.37. The predicted octanol–water partition coefficient (Wildman–Crippen LogP) is 3.14. The van der Waals surface area contributed by atoms with Crippen LogP contribution in [0.3, 0.4) is 0 Å². The first-order chi connectivity index (χ1) is 16.0. The Labute approximate surface area is 189 Å². The zero-order chi connectivity index (χ0) is 22.8. The Morgan fingerprint density at radius 3 is 2.67 bits per heavy atom. The molecule has 2 N–H and O–H groups in total. The number of benzene rings is 2. The van der Waals surface area contributed by atoms with Crippen LogP contribution in [0, 0.1) is 0 Å². The Balaban J connectivity index is 1.29. The van der Waals surface area contributed by atoms with E-state index in [-0.39, 0.29) is 10.8 Å². The first-order valence-electron chi connectivity index (χ1n) is 10.0. The second-order valence-corrected chi connectivity index (χ2v) is 8.95. The van der Waals surface area contributed by atoms with Crippen LogP contribution in [0.1, 0.15) is 12.0 Å². The molecule has 0 saturated carbocycles. The smallest absolute Gasteiger partial charge is 0.261 e. The van der Waals surface area contributed by atoms with E-state index in [0.29, 0.717) is 41.7 Å². The van der Waals surface area contributed by atoms with Gasteiger partial charge >= 0.3 is 0 Å². The summed E-state index contributed by atoms with van der Waals surface area (Å²) in [5.74, 6) is 1.29. The quantitative estimate of drug-likeness (QED) is 0.450. The zero-order valence-corrected chi connectivity index (χ0v) is 18.0. The van der Waals surface area contributed by atoms with E-state index in [1.165, 1.54) is 12.4 Å². The van der Waals surface area contributed by atoms with Gasteiger partial charge in [-0.1, -0.05) is 0 Å². The molecule has 0 fully saturated rings. The van der Waals surface area contributed by atoms with Crippen LogP contribution >= 0.6 is 0 Å². The first-order valence-corrected chi connectivity index (χ1v) is 11.5. The second-order valence-electron chi connectivity index (χ2n) is 7.26. The summed E-state index contributed by atoms with van der Waals surface area (Å²) in [5.41, 5.74) is 1.82. The summed E-state index contributed by atoms with van der Waals surface area (Å²) in [6, 6.07) is 14.6. The number of amides is 1. The van der Waals surface area contributed by atoms with Crippen molar-refractivity contribution in [3.8, 4) is 17.4 Å². The molecule has 0 unspecified atom stereocenters. The lowest BCUT2D eigenvalue weighted by Crippen LogP contribution is -2.20. The summed E-state index contributed by atoms with van der Waals surface area (Å²) < 4.78 is 35.5. The molecule has 33 heavy (non-hydrogen) atoms. The lowest BCUT2D eigenvalue weighted by atomic mass is 10.0. The number of nitrogens with one attached hydrogen (secondary N) is 2. The van der Waals surface area contributed by atoms with Crippen LogP contribution in [0.2, 0.25) is 0 Å². The number of sulfonamides is 1. The Morgan fingerprint density at radius 1 is 1.03 bits per heavy atom. The van der Waals surface area contributed by atoms with Crippen molar-refractivity contribution >= 4 is 27.3 Å². The van der Waals surface area contributed by atoms with E-state index in [2.05, 4.69) is 25.1 Å². The van der Waals surface area contributed by atoms with Gasteiger partial charge in [0.25, 0.3) is 10.0 Å². The summed E-state index contributed by atoms with van der Waals surface area (Å²) in [7, 11) is -3.80. The molecule has 10 nitrogen and oxygen atoms in total. The van der Waals surface area contributed by atoms with E-state index >= 15 is 0 Å². The molecule has 166 valence electrons. The average molecular weight is 462 g/mol. The van der Waals surface area contributed by atoms with Gasteiger partial charge < -0.3 is 10.1 Å². The minimum Gasteiger partial charge on any atom is -0.439 e. The lowest BCUT2D eigenvalue weighted by molar-refractivity contribution is -0.116. The van der Waals surface area contributed by atoms with Crippen molar-refractivity contribution in [2.45, 2.75) is 17.7 Å². The molecule has 3 heterocycles. The highest BCUT2D eigenvalue weighted by molar-refractivity contribution is 7.92. The molecular formula is C22H18N6O4S. The summed E-state index contributed by atoms with van der Waals surface area (Å²) in [6.07, 6.45) is 5.61.